The normalized spacial score (nSPS) is 11.6. The molecule has 1 aromatic rings. The quantitative estimate of drug-likeness (QED) is 0.335. The zero-order chi connectivity index (χ0) is 11.4. The van der Waals surface area contributed by atoms with Crippen molar-refractivity contribution in [2.45, 2.75) is 6.54 Å². The van der Waals surface area contributed by atoms with Gasteiger partial charge in [-0.05, 0) is 45.5 Å². The lowest BCUT2D eigenvalue weighted by Crippen LogP contribution is -2.28. The van der Waals surface area contributed by atoms with Crippen LogP contribution in [-0.2, 0) is 6.54 Å². The van der Waals surface area contributed by atoms with Crippen molar-refractivity contribution in [1.82, 2.24) is 3.11 Å². The van der Waals surface area contributed by atoms with E-state index in [2.05, 4.69) is 5.21 Å². The highest BCUT2D eigenvalue weighted by atomic mass is 127. The van der Waals surface area contributed by atoms with E-state index in [4.69, 9.17) is 5.73 Å². The Morgan fingerprint density at radius 2 is 2.20 bits per heavy atom. The number of nitrogens with two attached hydrogens (primary N) is 1. The van der Waals surface area contributed by atoms with Gasteiger partial charge in [0.1, 0.15) is 5.82 Å². The Labute approximate surface area is 113 Å². The van der Waals surface area contributed by atoms with Crippen LogP contribution >= 0.6 is 45.5 Å². The summed E-state index contributed by atoms with van der Waals surface area (Å²) in [7, 11) is 0. The lowest BCUT2D eigenvalue weighted by atomic mass is 10.2. The van der Waals surface area contributed by atoms with Crippen molar-refractivity contribution in [1.29, 1.82) is 0 Å². The van der Waals surface area contributed by atoms with E-state index in [0.717, 1.165) is 5.56 Å². The highest BCUT2D eigenvalue weighted by Gasteiger charge is 2.07. The zero-order valence-electron chi connectivity index (χ0n) is 7.42. The number of benzene rings is 1. The van der Waals surface area contributed by atoms with E-state index in [-0.39, 0.29) is 11.8 Å². The van der Waals surface area contributed by atoms with Crippen LogP contribution in [0, 0.1) is 9.39 Å². The molecule has 0 aromatic heterocycles. The van der Waals surface area contributed by atoms with Crippen LogP contribution in [0.2, 0.25) is 0 Å². The molecular weight excluding hydrogens is 430 g/mol. The summed E-state index contributed by atoms with van der Waals surface area (Å²) < 4.78 is 26.7. The molecule has 0 heterocycles. The Bertz CT molecular complexity index is 384. The molecule has 2 N–H and O–H groups in total. The summed E-state index contributed by atoms with van der Waals surface area (Å²) >= 11 is 3.72. The minimum atomic E-state index is -0.272. The van der Waals surface area contributed by atoms with Gasteiger partial charge in [-0.1, -0.05) is 10.5 Å². The molecule has 0 aliphatic heterocycles. The molecule has 1 rings (SSSR count). The van der Waals surface area contributed by atoms with Gasteiger partial charge in [-0.2, -0.15) is 0 Å². The maximum atomic E-state index is 12.9. The monoisotopic (exact) mass is 437 g/mol. The summed E-state index contributed by atoms with van der Waals surface area (Å²) in [6.45, 7) is 0.371. The molecule has 0 saturated carbocycles. The Hall–Kier alpha value is -0.190. The third-order valence-corrected chi connectivity index (χ3v) is 3.30. The molecule has 0 aliphatic carbocycles. The number of guanidine groups is 1. The van der Waals surface area contributed by atoms with Gasteiger partial charge in [0.2, 0.25) is 5.96 Å². The summed E-state index contributed by atoms with van der Waals surface area (Å²) in [5.41, 5.74) is 6.08. The Kier molecular flexibility index (Phi) is 4.96. The van der Waals surface area contributed by atoms with Gasteiger partial charge in [0, 0.05) is 3.57 Å². The van der Waals surface area contributed by atoms with Gasteiger partial charge in [0.25, 0.3) is 0 Å². The van der Waals surface area contributed by atoms with Crippen molar-refractivity contribution in [3.63, 3.8) is 0 Å². The summed E-state index contributed by atoms with van der Waals surface area (Å²) in [4.78, 5) is 0. The Balaban J connectivity index is 2.77. The van der Waals surface area contributed by atoms with Crippen molar-refractivity contribution < 1.29 is 8.87 Å². The summed E-state index contributed by atoms with van der Waals surface area (Å²) in [5, 5.41) is 2.36. The van der Waals surface area contributed by atoms with E-state index in [0.29, 0.717) is 10.1 Å². The minimum Gasteiger partial charge on any atom is -0.367 e. The number of hydrogen-bond donors (Lipinski definition) is 1. The van der Waals surface area contributed by atoms with Crippen LogP contribution in [0.3, 0.4) is 0 Å². The Morgan fingerprint density at radius 1 is 1.53 bits per heavy atom. The van der Waals surface area contributed by atoms with Gasteiger partial charge >= 0.3 is 0 Å². The summed E-state index contributed by atoms with van der Waals surface area (Å²) in [6.07, 6.45) is 0. The third-order valence-electron chi connectivity index (χ3n) is 1.64. The molecule has 0 spiro atoms. The predicted octanol–water partition coefficient (Wildman–Crippen LogP) is 2.78. The predicted molar refractivity (Wildman–Crippen MR) is 71.4 cm³/mol. The van der Waals surface area contributed by atoms with Crippen LogP contribution in [0.25, 0.3) is 0 Å². The topological polar surface area (TPSA) is 41.6 Å². The largest absolute Gasteiger partial charge is 0.367 e. The molecule has 0 aliphatic rings. The molecule has 3 nitrogen and oxygen atoms in total. The molecule has 0 atom stereocenters. The second-order valence-corrected chi connectivity index (χ2v) is 5.04. The van der Waals surface area contributed by atoms with E-state index >= 15 is 0 Å². The molecule has 0 saturated heterocycles. The van der Waals surface area contributed by atoms with Crippen LogP contribution in [0.4, 0.5) is 8.87 Å². The van der Waals surface area contributed by atoms with Crippen LogP contribution in [-0.4, -0.2) is 9.07 Å². The number of rotatable bonds is 2. The van der Waals surface area contributed by atoms with Crippen molar-refractivity contribution in [3.05, 3.63) is 33.1 Å². The lowest BCUT2D eigenvalue weighted by Gasteiger charge is -2.13. The van der Waals surface area contributed by atoms with Gasteiger partial charge in [-0.25, -0.2) is 4.39 Å². The van der Waals surface area contributed by atoms with Gasteiger partial charge < -0.3 is 5.73 Å². The van der Waals surface area contributed by atoms with E-state index in [9.17, 15) is 8.87 Å². The summed E-state index contributed by atoms with van der Waals surface area (Å²) in [6, 6.07) is 4.66. The fourth-order valence-corrected chi connectivity index (χ4v) is 1.98. The van der Waals surface area contributed by atoms with Gasteiger partial charge in [0.05, 0.1) is 29.4 Å². The first-order valence-corrected chi connectivity index (χ1v) is 5.90. The SMILES string of the molecule is NC(=NF)N(I)Cc1ccc(F)c(I)c1. The van der Waals surface area contributed by atoms with Crippen LogP contribution in [0.1, 0.15) is 5.56 Å². The smallest absolute Gasteiger partial charge is 0.235 e. The second kappa shape index (κ2) is 5.77. The van der Waals surface area contributed by atoms with E-state index < -0.39 is 0 Å². The highest BCUT2D eigenvalue weighted by Crippen LogP contribution is 2.15. The first kappa shape index (κ1) is 12.9. The zero-order valence-corrected chi connectivity index (χ0v) is 11.7. The fourth-order valence-electron chi connectivity index (χ4n) is 0.920. The Morgan fingerprint density at radius 3 is 2.73 bits per heavy atom. The maximum absolute atomic E-state index is 12.9. The molecule has 0 bridgehead atoms. The molecule has 1 aromatic carbocycles. The standard InChI is InChI=1S/C8H7F2I2N3/c9-6-2-1-5(3-7(6)11)4-15(12)8(13)14-10/h1-3H,4H2,(H2,13,14). The van der Waals surface area contributed by atoms with Crippen LogP contribution < -0.4 is 5.73 Å². The minimum absolute atomic E-state index is 0.213. The lowest BCUT2D eigenvalue weighted by molar-refractivity contribution is 0.517. The average Bonchev–Trinajstić information content (AvgIpc) is 2.22. The number of nitrogens with zero attached hydrogens (tertiary/aromatic N) is 2. The van der Waals surface area contributed by atoms with Crippen molar-refractivity contribution in [2.75, 3.05) is 0 Å². The average molecular weight is 437 g/mol. The van der Waals surface area contributed by atoms with Gasteiger partial charge in [-0.3, -0.25) is 3.11 Å². The van der Waals surface area contributed by atoms with Gasteiger partial charge in [-0.15, -0.1) is 0 Å². The molecule has 15 heavy (non-hydrogen) atoms. The molecule has 7 heteroatoms. The fraction of sp³-hybridized carbons (Fsp3) is 0.125. The van der Waals surface area contributed by atoms with Gasteiger partial charge in [0.15, 0.2) is 0 Å². The molecule has 0 fully saturated rings. The molecule has 82 valence electrons. The number of halogens is 4. The maximum Gasteiger partial charge on any atom is 0.235 e. The van der Waals surface area contributed by atoms with Crippen molar-refractivity contribution in [2.24, 2.45) is 10.9 Å². The van der Waals surface area contributed by atoms with Crippen LogP contribution in [0.15, 0.2) is 23.4 Å². The van der Waals surface area contributed by atoms with E-state index in [1.807, 2.05) is 45.5 Å². The first-order chi connectivity index (χ1) is 7.04. The van der Waals surface area contributed by atoms with E-state index in [1.54, 1.807) is 12.1 Å². The first-order valence-electron chi connectivity index (χ1n) is 3.86. The molecule has 0 radical (unpaired) electrons. The molecular formula is C8H7F2I2N3. The molecule has 0 amide bonds. The highest BCUT2D eigenvalue weighted by molar-refractivity contribution is 14.1. The number of hydrogen-bond acceptors (Lipinski definition) is 1. The van der Waals surface area contributed by atoms with Crippen molar-refractivity contribution in [3.8, 4) is 0 Å². The van der Waals surface area contributed by atoms with Crippen molar-refractivity contribution >= 4 is 51.4 Å². The summed E-state index contributed by atoms with van der Waals surface area (Å²) in [5.74, 6) is -0.485. The second-order valence-electron chi connectivity index (χ2n) is 2.71. The third kappa shape index (κ3) is 3.70. The van der Waals surface area contributed by atoms with Crippen LogP contribution in [0.5, 0.6) is 0 Å². The van der Waals surface area contributed by atoms with E-state index in [1.165, 1.54) is 9.18 Å². The molecule has 0 unspecified atom stereocenters.